The molecule has 0 heterocycles. The summed E-state index contributed by atoms with van der Waals surface area (Å²) >= 11 is 0. The fourth-order valence-corrected chi connectivity index (χ4v) is 2.06. The largest absolute Gasteiger partial charge is 0.472 e. The third-order valence-corrected chi connectivity index (χ3v) is 3.99. The van der Waals surface area contributed by atoms with Gasteiger partial charge in [0.25, 0.3) is 0 Å². The Morgan fingerprint density at radius 2 is 0.828 bits per heavy atom. The maximum atomic E-state index is 12.9. The van der Waals surface area contributed by atoms with Gasteiger partial charge in [0.2, 0.25) is 0 Å². The van der Waals surface area contributed by atoms with E-state index in [0.717, 1.165) is 0 Å². The van der Waals surface area contributed by atoms with Gasteiger partial charge in [-0.25, -0.2) is 4.57 Å². The summed E-state index contributed by atoms with van der Waals surface area (Å²) in [7, 11) is -5.77. The van der Waals surface area contributed by atoms with Crippen LogP contribution in [0.15, 0.2) is 0 Å². The van der Waals surface area contributed by atoms with Crippen LogP contribution in [-0.4, -0.2) is 54.1 Å². The van der Waals surface area contributed by atoms with Crippen LogP contribution in [0.5, 0.6) is 0 Å². The topological polar surface area (TPSA) is 55.8 Å². The highest BCUT2D eigenvalue weighted by Crippen LogP contribution is 2.51. The van der Waals surface area contributed by atoms with E-state index in [2.05, 4.69) is 9.05 Å². The van der Waals surface area contributed by atoms with Gasteiger partial charge in [0, 0.05) is 12.8 Å². The Bertz CT molecular complexity index is 550. The Morgan fingerprint density at radius 3 is 1.03 bits per heavy atom. The SMILES string of the molecule is O=P(O)(OCCC(F)(F)C(F)(F)C(F)(F)F)OCCC(F)(F)C(F)(F)C(F)(F)F. The van der Waals surface area contributed by atoms with E-state index < -0.39 is 69.9 Å². The first-order valence-corrected chi connectivity index (χ1v) is 8.17. The minimum absolute atomic E-state index is 2.04. The van der Waals surface area contributed by atoms with Gasteiger partial charge in [0.15, 0.2) is 0 Å². The molecule has 0 atom stereocenters. The van der Waals surface area contributed by atoms with Crippen LogP contribution in [0.25, 0.3) is 0 Å². The summed E-state index contributed by atoms with van der Waals surface area (Å²) in [6.07, 6.45) is -18.5. The van der Waals surface area contributed by atoms with Gasteiger partial charge in [-0.15, -0.1) is 0 Å². The van der Waals surface area contributed by atoms with Gasteiger partial charge in [-0.3, -0.25) is 9.05 Å². The first-order valence-electron chi connectivity index (χ1n) is 6.68. The molecule has 1 N–H and O–H groups in total. The number of halogens is 14. The Kier molecular flexibility index (Phi) is 8.09. The molecule has 0 saturated carbocycles. The van der Waals surface area contributed by atoms with E-state index in [0.29, 0.717) is 0 Å². The molecule has 0 fully saturated rings. The second-order valence-corrected chi connectivity index (χ2v) is 6.64. The highest BCUT2D eigenvalue weighted by atomic mass is 31.2. The van der Waals surface area contributed by atoms with Crippen LogP contribution in [0, 0.1) is 0 Å². The molecule has 0 aliphatic heterocycles. The quantitative estimate of drug-likeness (QED) is 0.322. The highest BCUT2D eigenvalue weighted by Gasteiger charge is 2.73. The van der Waals surface area contributed by atoms with E-state index in [9.17, 15) is 66.0 Å². The molecule has 0 rings (SSSR count). The van der Waals surface area contributed by atoms with Crippen molar-refractivity contribution in [3.63, 3.8) is 0 Å². The molecule has 0 saturated heterocycles. The molecule has 0 amide bonds. The second-order valence-electron chi connectivity index (χ2n) is 5.19. The maximum absolute atomic E-state index is 12.9. The number of hydrogen-bond donors (Lipinski definition) is 1. The standard InChI is InChI=1S/C10H9F14O4P/c11-5(12,7(15,16)9(19,20)21)1-3-27-29(25,26)28-4-2-6(13,14)8(17,18)10(22,23)24/h1-4H2,(H,25,26). The first kappa shape index (κ1) is 28.1. The van der Waals surface area contributed by atoms with E-state index in [1.807, 2.05) is 0 Å². The number of alkyl halides is 14. The Labute approximate surface area is 151 Å². The van der Waals surface area contributed by atoms with Crippen molar-refractivity contribution >= 4 is 7.82 Å². The molecule has 0 aliphatic carbocycles. The molecule has 0 aliphatic rings. The molecule has 0 aromatic rings. The summed E-state index contributed by atoms with van der Waals surface area (Å²) in [5.41, 5.74) is 0. The summed E-state index contributed by atoms with van der Waals surface area (Å²) in [4.78, 5) is 8.84. The van der Waals surface area contributed by atoms with Crippen molar-refractivity contribution in [3.8, 4) is 0 Å². The molecule has 29 heavy (non-hydrogen) atoms. The van der Waals surface area contributed by atoms with Crippen molar-refractivity contribution in [1.29, 1.82) is 0 Å². The average Bonchev–Trinajstić information content (AvgIpc) is 2.43. The monoisotopic (exact) mass is 490 g/mol. The minimum Gasteiger partial charge on any atom is -0.302 e. The number of phosphoric ester groups is 1. The third kappa shape index (κ3) is 6.55. The van der Waals surface area contributed by atoms with Crippen LogP contribution in [0.2, 0.25) is 0 Å². The van der Waals surface area contributed by atoms with Crippen molar-refractivity contribution < 1.29 is 80.0 Å². The fraction of sp³-hybridized carbons (Fsp3) is 1.00. The lowest BCUT2D eigenvalue weighted by atomic mass is 10.1. The number of hydrogen-bond acceptors (Lipinski definition) is 3. The van der Waals surface area contributed by atoms with Crippen molar-refractivity contribution in [1.82, 2.24) is 0 Å². The van der Waals surface area contributed by atoms with Gasteiger partial charge >= 0.3 is 43.9 Å². The van der Waals surface area contributed by atoms with Crippen LogP contribution < -0.4 is 0 Å². The summed E-state index contributed by atoms with van der Waals surface area (Å²) in [6, 6.07) is 0. The summed E-state index contributed by atoms with van der Waals surface area (Å²) in [5, 5.41) is 0. The summed E-state index contributed by atoms with van der Waals surface area (Å²) < 4.78 is 191. The van der Waals surface area contributed by atoms with E-state index in [1.54, 1.807) is 0 Å². The van der Waals surface area contributed by atoms with Crippen LogP contribution in [-0.2, 0) is 13.6 Å². The van der Waals surface area contributed by atoms with Gasteiger partial charge in [-0.05, 0) is 0 Å². The molecular formula is C10H9F14O4P. The van der Waals surface area contributed by atoms with Crippen LogP contribution in [0.4, 0.5) is 61.5 Å². The summed E-state index contributed by atoms with van der Waals surface area (Å²) in [6.45, 7) is -4.08. The Hall–Kier alpha value is -0.870. The molecule has 176 valence electrons. The lowest BCUT2D eigenvalue weighted by Crippen LogP contribution is -2.52. The normalized spacial score (nSPS) is 15.7. The highest BCUT2D eigenvalue weighted by molar-refractivity contribution is 7.47. The van der Waals surface area contributed by atoms with Crippen LogP contribution in [0.3, 0.4) is 0 Å². The molecule has 0 unspecified atom stereocenters. The van der Waals surface area contributed by atoms with Crippen LogP contribution >= 0.6 is 7.82 Å². The predicted molar refractivity (Wildman–Crippen MR) is 62.9 cm³/mol. The zero-order valence-electron chi connectivity index (χ0n) is 13.2. The lowest BCUT2D eigenvalue weighted by molar-refractivity contribution is -0.356. The van der Waals surface area contributed by atoms with Gasteiger partial charge in [0.05, 0.1) is 13.2 Å². The Balaban J connectivity index is 4.80. The van der Waals surface area contributed by atoms with E-state index in [-0.39, 0.29) is 0 Å². The molecule has 19 heteroatoms. The van der Waals surface area contributed by atoms with Crippen molar-refractivity contribution in [2.24, 2.45) is 0 Å². The van der Waals surface area contributed by atoms with Gasteiger partial charge in [-0.1, -0.05) is 0 Å². The predicted octanol–water partition coefficient (Wildman–Crippen LogP) is 5.57. The minimum atomic E-state index is -6.72. The maximum Gasteiger partial charge on any atom is 0.472 e. The first-order chi connectivity index (χ1) is 12.4. The molecule has 0 bridgehead atoms. The molecule has 0 spiro atoms. The van der Waals surface area contributed by atoms with Gasteiger partial charge in [-0.2, -0.15) is 61.5 Å². The fourth-order valence-electron chi connectivity index (χ4n) is 1.34. The van der Waals surface area contributed by atoms with Crippen molar-refractivity contribution in [2.75, 3.05) is 13.2 Å². The smallest absolute Gasteiger partial charge is 0.302 e. The molecule has 0 radical (unpaired) electrons. The zero-order valence-corrected chi connectivity index (χ0v) is 14.1. The van der Waals surface area contributed by atoms with Crippen LogP contribution in [0.1, 0.15) is 12.8 Å². The van der Waals surface area contributed by atoms with E-state index in [4.69, 9.17) is 4.89 Å². The van der Waals surface area contributed by atoms with E-state index >= 15 is 0 Å². The molecule has 0 aromatic heterocycles. The Morgan fingerprint density at radius 1 is 0.586 bits per heavy atom. The number of phosphoric acid groups is 1. The molecular weight excluding hydrogens is 481 g/mol. The molecule has 0 aromatic carbocycles. The van der Waals surface area contributed by atoms with Crippen molar-refractivity contribution in [3.05, 3.63) is 0 Å². The van der Waals surface area contributed by atoms with Gasteiger partial charge < -0.3 is 4.89 Å². The third-order valence-electron chi connectivity index (χ3n) is 2.97. The van der Waals surface area contributed by atoms with Gasteiger partial charge in [0.1, 0.15) is 0 Å². The molecule has 4 nitrogen and oxygen atoms in total. The zero-order chi connectivity index (χ0) is 23.7. The lowest BCUT2D eigenvalue weighted by Gasteiger charge is -2.28. The summed E-state index contributed by atoms with van der Waals surface area (Å²) in [5.74, 6) is -24.9. The van der Waals surface area contributed by atoms with Crippen molar-refractivity contribution in [2.45, 2.75) is 48.9 Å². The second kappa shape index (κ2) is 8.34. The average molecular weight is 490 g/mol. The number of rotatable bonds is 10. The van der Waals surface area contributed by atoms with E-state index in [1.165, 1.54) is 0 Å².